The monoisotopic (exact) mass is 218 g/mol. The molecule has 1 aromatic heterocycles. The van der Waals surface area contributed by atoms with Crippen molar-refractivity contribution in [1.82, 2.24) is 9.97 Å². The van der Waals surface area contributed by atoms with E-state index in [0.29, 0.717) is 0 Å². The van der Waals surface area contributed by atoms with E-state index in [1.165, 1.54) is 18.9 Å². The van der Waals surface area contributed by atoms with Crippen LogP contribution in [0.1, 0.15) is 18.4 Å². The number of amides is 1. The van der Waals surface area contributed by atoms with Crippen LogP contribution in [0, 0.1) is 0 Å². The highest BCUT2D eigenvalue weighted by atomic mass is 16.1. The highest BCUT2D eigenvalue weighted by Gasteiger charge is 2.13. The van der Waals surface area contributed by atoms with E-state index in [1.807, 2.05) is 0 Å². The van der Waals surface area contributed by atoms with Gasteiger partial charge in [0.2, 0.25) is 11.9 Å². The summed E-state index contributed by atoms with van der Waals surface area (Å²) in [5.74, 6) is 0.289. The first kappa shape index (κ1) is 10.6. The molecule has 84 valence electrons. The molecule has 0 aliphatic carbocycles. The predicted molar refractivity (Wildman–Crippen MR) is 61.7 cm³/mol. The number of primary amides is 1. The average Bonchev–Trinajstić information content (AvgIpc) is 2.80. The molecule has 1 aliphatic rings. The Hall–Kier alpha value is -1.91. The maximum Gasteiger partial charge on any atom is 0.241 e. The molecule has 0 aromatic carbocycles. The molecule has 1 saturated heterocycles. The van der Waals surface area contributed by atoms with Crippen molar-refractivity contribution in [3.8, 4) is 0 Å². The summed E-state index contributed by atoms with van der Waals surface area (Å²) in [6.45, 7) is 2.05. The number of anilines is 1. The Balaban J connectivity index is 2.06. The second-order valence-corrected chi connectivity index (χ2v) is 3.75. The van der Waals surface area contributed by atoms with Crippen molar-refractivity contribution in [3.63, 3.8) is 0 Å². The van der Waals surface area contributed by atoms with Gasteiger partial charge in [0.15, 0.2) is 0 Å². The fourth-order valence-corrected chi connectivity index (χ4v) is 1.68. The standard InChI is InChI=1S/C11H14N4O/c12-10(16)4-3-9-7-13-11(14-8-9)15-5-1-2-6-15/h3-4,7-8H,1-2,5-6H2,(H2,12,16). The van der Waals surface area contributed by atoms with Crippen LogP contribution in [0.4, 0.5) is 5.95 Å². The van der Waals surface area contributed by atoms with Gasteiger partial charge in [0.05, 0.1) is 0 Å². The molecule has 1 amide bonds. The van der Waals surface area contributed by atoms with E-state index in [4.69, 9.17) is 5.73 Å². The topological polar surface area (TPSA) is 72.1 Å². The van der Waals surface area contributed by atoms with Gasteiger partial charge < -0.3 is 10.6 Å². The molecule has 16 heavy (non-hydrogen) atoms. The molecule has 5 heteroatoms. The van der Waals surface area contributed by atoms with Crippen LogP contribution in [-0.2, 0) is 4.79 Å². The summed E-state index contributed by atoms with van der Waals surface area (Å²) in [7, 11) is 0. The SMILES string of the molecule is NC(=O)C=Cc1cnc(N2CCCC2)nc1. The zero-order valence-corrected chi connectivity index (χ0v) is 8.97. The first-order chi connectivity index (χ1) is 7.75. The van der Waals surface area contributed by atoms with E-state index >= 15 is 0 Å². The maximum atomic E-state index is 10.5. The fourth-order valence-electron chi connectivity index (χ4n) is 1.68. The summed E-state index contributed by atoms with van der Waals surface area (Å²) in [4.78, 5) is 21.2. The molecule has 5 nitrogen and oxygen atoms in total. The van der Waals surface area contributed by atoms with Crippen LogP contribution >= 0.6 is 0 Å². The maximum absolute atomic E-state index is 10.5. The molecule has 0 spiro atoms. The molecule has 0 saturated carbocycles. The number of nitrogens with two attached hydrogens (primary N) is 1. The van der Waals surface area contributed by atoms with Crippen molar-refractivity contribution in [2.75, 3.05) is 18.0 Å². The van der Waals surface area contributed by atoms with Crippen molar-refractivity contribution >= 4 is 17.9 Å². The van der Waals surface area contributed by atoms with E-state index in [2.05, 4.69) is 14.9 Å². The first-order valence-electron chi connectivity index (χ1n) is 5.30. The lowest BCUT2D eigenvalue weighted by Gasteiger charge is -2.13. The second-order valence-electron chi connectivity index (χ2n) is 3.75. The largest absolute Gasteiger partial charge is 0.366 e. The molecule has 2 N–H and O–H groups in total. The van der Waals surface area contributed by atoms with Crippen molar-refractivity contribution < 1.29 is 4.79 Å². The zero-order valence-electron chi connectivity index (χ0n) is 8.97. The van der Waals surface area contributed by atoms with Crippen molar-refractivity contribution in [1.29, 1.82) is 0 Å². The molecule has 1 aromatic rings. The summed E-state index contributed by atoms with van der Waals surface area (Å²) in [6.07, 6.45) is 8.70. The number of hydrogen-bond acceptors (Lipinski definition) is 4. The third-order valence-corrected chi connectivity index (χ3v) is 2.49. The lowest BCUT2D eigenvalue weighted by Crippen LogP contribution is -2.20. The first-order valence-corrected chi connectivity index (χ1v) is 5.30. The molecular weight excluding hydrogens is 204 g/mol. The van der Waals surface area contributed by atoms with Gasteiger partial charge in [-0.05, 0) is 18.9 Å². The highest BCUT2D eigenvalue weighted by molar-refractivity contribution is 5.90. The van der Waals surface area contributed by atoms with Crippen LogP contribution in [0.2, 0.25) is 0 Å². The van der Waals surface area contributed by atoms with E-state index in [0.717, 1.165) is 24.6 Å². The van der Waals surface area contributed by atoms with Gasteiger partial charge in [-0.15, -0.1) is 0 Å². The quantitative estimate of drug-likeness (QED) is 0.753. The van der Waals surface area contributed by atoms with Gasteiger partial charge in [-0.1, -0.05) is 0 Å². The lowest BCUT2D eigenvalue weighted by atomic mass is 10.3. The fraction of sp³-hybridized carbons (Fsp3) is 0.364. The van der Waals surface area contributed by atoms with Gasteiger partial charge >= 0.3 is 0 Å². The zero-order chi connectivity index (χ0) is 11.4. The Morgan fingerprint density at radius 1 is 1.31 bits per heavy atom. The van der Waals surface area contributed by atoms with Crippen LogP contribution < -0.4 is 10.6 Å². The Kier molecular flexibility index (Phi) is 3.14. The lowest BCUT2D eigenvalue weighted by molar-refractivity contribution is -0.113. The Labute approximate surface area is 94.0 Å². The summed E-state index contributed by atoms with van der Waals surface area (Å²) < 4.78 is 0. The Morgan fingerprint density at radius 2 is 1.94 bits per heavy atom. The van der Waals surface area contributed by atoms with Gasteiger partial charge in [0, 0.05) is 37.1 Å². The van der Waals surface area contributed by atoms with Gasteiger partial charge in [0.25, 0.3) is 0 Å². The normalized spacial score (nSPS) is 15.9. The third-order valence-electron chi connectivity index (χ3n) is 2.49. The summed E-state index contributed by atoms with van der Waals surface area (Å²) in [5.41, 5.74) is 5.77. The third kappa shape index (κ3) is 2.56. The van der Waals surface area contributed by atoms with E-state index in [1.54, 1.807) is 18.5 Å². The number of carbonyl (C=O) groups excluding carboxylic acids is 1. The molecule has 0 bridgehead atoms. The van der Waals surface area contributed by atoms with Crippen LogP contribution in [0.5, 0.6) is 0 Å². The van der Waals surface area contributed by atoms with E-state index in [9.17, 15) is 4.79 Å². The van der Waals surface area contributed by atoms with Gasteiger partial charge in [0.1, 0.15) is 0 Å². The second kappa shape index (κ2) is 4.74. The molecule has 1 aliphatic heterocycles. The van der Waals surface area contributed by atoms with Crippen molar-refractivity contribution in [3.05, 3.63) is 24.0 Å². The Morgan fingerprint density at radius 3 is 2.50 bits per heavy atom. The smallest absolute Gasteiger partial charge is 0.241 e. The minimum atomic E-state index is -0.469. The van der Waals surface area contributed by atoms with Crippen LogP contribution in [0.3, 0.4) is 0 Å². The van der Waals surface area contributed by atoms with Gasteiger partial charge in [-0.2, -0.15) is 0 Å². The molecule has 1 fully saturated rings. The molecule has 0 unspecified atom stereocenters. The summed E-state index contributed by atoms with van der Waals surface area (Å²) >= 11 is 0. The van der Waals surface area contributed by atoms with E-state index < -0.39 is 5.91 Å². The molecule has 0 atom stereocenters. The van der Waals surface area contributed by atoms with Gasteiger partial charge in [-0.25, -0.2) is 9.97 Å². The number of nitrogens with zero attached hydrogens (tertiary/aromatic N) is 3. The molecular formula is C11H14N4O. The summed E-state index contributed by atoms with van der Waals surface area (Å²) in [5, 5.41) is 0. The number of rotatable bonds is 3. The predicted octanol–water partition coefficient (Wildman–Crippen LogP) is 0.575. The van der Waals surface area contributed by atoms with Crippen LogP contribution in [-0.4, -0.2) is 29.0 Å². The molecule has 2 rings (SSSR count). The minimum absolute atomic E-state index is 0.469. The van der Waals surface area contributed by atoms with E-state index in [-0.39, 0.29) is 0 Å². The molecule has 2 heterocycles. The van der Waals surface area contributed by atoms with Crippen molar-refractivity contribution in [2.24, 2.45) is 5.73 Å². The number of aromatic nitrogens is 2. The summed E-state index contributed by atoms with van der Waals surface area (Å²) in [6, 6.07) is 0. The minimum Gasteiger partial charge on any atom is -0.366 e. The number of hydrogen-bond donors (Lipinski definition) is 1. The average molecular weight is 218 g/mol. The van der Waals surface area contributed by atoms with Crippen LogP contribution in [0.15, 0.2) is 18.5 Å². The van der Waals surface area contributed by atoms with Crippen molar-refractivity contribution in [2.45, 2.75) is 12.8 Å². The van der Waals surface area contributed by atoms with Crippen LogP contribution in [0.25, 0.3) is 6.08 Å². The Bertz CT molecular complexity index is 393. The molecule has 0 radical (unpaired) electrons. The number of carbonyl (C=O) groups is 1. The highest BCUT2D eigenvalue weighted by Crippen LogP contribution is 2.14. The van der Waals surface area contributed by atoms with Gasteiger partial charge in [-0.3, -0.25) is 4.79 Å².